The van der Waals surface area contributed by atoms with Crippen molar-refractivity contribution in [3.63, 3.8) is 0 Å². The number of benzene rings is 1. The van der Waals surface area contributed by atoms with Gasteiger partial charge in [0.2, 0.25) is 0 Å². The molecule has 1 aliphatic carbocycles. The summed E-state index contributed by atoms with van der Waals surface area (Å²) in [5.41, 5.74) is 3.92. The van der Waals surface area contributed by atoms with Crippen LogP contribution in [0.3, 0.4) is 0 Å². The highest BCUT2D eigenvalue weighted by Crippen LogP contribution is 2.50. The highest BCUT2D eigenvalue weighted by atomic mass is 16.5. The van der Waals surface area contributed by atoms with Gasteiger partial charge in [0, 0.05) is 0 Å². The first-order valence-corrected chi connectivity index (χ1v) is 5.90. The second kappa shape index (κ2) is 4.94. The Hall–Kier alpha value is -1.26. The molecule has 1 aromatic rings. The Morgan fingerprint density at radius 1 is 1.29 bits per heavy atom. The Morgan fingerprint density at radius 2 is 1.82 bits per heavy atom. The van der Waals surface area contributed by atoms with Crippen LogP contribution in [0, 0.1) is 11.8 Å². The minimum atomic E-state index is 0.0936. The van der Waals surface area contributed by atoms with Gasteiger partial charge in [-0.1, -0.05) is 13.0 Å². The van der Waals surface area contributed by atoms with Gasteiger partial charge in [-0.2, -0.15) is 0 Å². The van der Waals surface area contributed by atoms with E-state index in [-0.39, 0.29) is 6.04 Å². The molecule has 0 aliphatic heterocycles. The number of ether oxygens (including phenoxy) is 2. The molecule has 0 aromatic heterocycles. The van der Waals surface area contributed by atoms with Gasteiger partial charge in [-0.25, -0.2) is 0 Å². The van der Waals surface area contributed by atoms with Crippen molar-refractivity contribution in [3.05, 3.63) is 23.8 Å². The topological polar surface area (TPSA) is 56.5 Å². The molecule has 4 heteroatoms. The van der Waals surface area contributed by atoms with Crippen LogP contribution < -0.4 is 20.7 Å². The smallest absolute Gasteiger partial charge is 0.127 e. The Labute approximate surface area is 102 Å². The molecule has 1 aromatic carbocycles. The summed E-state index contributed by atoms with van der Waals surface area (Å²) >= 11 is 0. The van der Waals surface area contributed by atoms with Gasteiger partial charge in [0.15, 0.2) is 0 Å². The molecular weight excluding hydrogens is 216 g/mol. The molecule has 0 amide bonds. The van der Waals surface area contributed by atoms with Gasteiger partial charge in [-0.15, -0.1) is 0 Å². The van der Waals surface area contributed by atoms with Gasteiger partial charge in [0.25, 0.3) is 0 Å². The predicted octanol–water partition coefficient (Wildman–Crippen LogP) is 1.86. The predicted molar refractivity (Wildman–Crippen MR) is 66.9 cm³/mol. The zero-order chi connectivity index (χ0) is 12.4. The summed E-state index contributed by atoms with van der Waals surface area (Å²) in [6.07, 6.45) is 1.19. The Morgan fingerprint density at radius 3 is 2.18 bits per heavy atom. The summed E-state index contributed by atoms with van der Waals surface area (Å²) in [6, 6.07) is 5.89. The van der Waals surface area contributed by atoms with Crippen LogP contribution in [-0.2, 0) is 0 Å². The number of hydrogen-bond donors (Lipinski definition) is 2. The van der Waals surface area contributed by atoms with Crippen molar-refractivity contribution in [2.24, 2.45) is 17.7 Å². The van der Waals surface area contributed by atoms with Crippen LogP contribution in [0.4, 0.5) is 0 Å². The van der Waals surface area contributed by atoms with Gasteiger partial charge < -0.3 is 9.47 Å². The summed E-state index contributed by atoms with van der Waals surface area (Å²) in [7, 11) is 3.34. The number of hydrogen-bond acceptors (Lipinski definition) is 4. The molecule has 4 nitrogen and oxygen atoms in total. The number of hydrazine groups is 1. The van der Waals surface area contributed by atoms with Gasteiger partial charge in [-0.3, -0.25) is 11.3 Å². The molecular formula is C13H20N2O2. The van der Waals surface area contributed by atoms with E-state index in [0.717, 1.165) is 17.1 Å². The van der Waals surface area contributed by atoms with E-state index in [1.807, 2.05) is 18.2 Å². The third kappa shape index (κ3) is 2.23. The fourth-order valence-corrected chi connectivity index (χ4v) is 2.42. The SMILES string of the molecule is COc1cccc(OC)c1C(NN)C1CC1C. The van der Waals surface area contributed by atoms with Crippen LogP contribution in [0.25, 0.3) is 0 Å². The maximum Gasteiger partial charge on any atom is 0.127 e. The van der Waals surface area contributed by atoms with Gasteiger partial charge in [-0.05, 0) is 30.4 Å². The van der Waals surface area contributed by atoms with Crippen molar-refractivity contribution < 1.29 is 9.47 Å². The lowest BCUT2D eigenvalue weighted by Gasteiger charge is -2.21. The van der Waals surface area contributed by atoms with Crippen LogP contribution in [0.15, 0.2) is 18.2 Å². The average Bonchev–Trinajstić information content (AvgIpc) is 3.07. The molecule has 17 heavy (non-hydrogen) atoms. The molecule has 1 saturated carbocycles. The van der Waals surface area contributed by atoms with E-state index in [9.17, 15) is 0 Å². The average molecular weight is 236 g/mol. The second-order valence-corrected chi connectivity index (χ2v) is 4.60. The molecule has 3 unspecified atom stereocenters. The zero-order valence-electron chi connectivity index (χ0n) is 10.6. The molecule has 0 spiro atoms. The van der Waals surface area contributed by atoms with Gasteiger partial charge >= 0.3 is 0 Å². The van der Waals surface area contributed by atoms with Crippen molar-refractivity contribution in [1.29, 1.82) is 0 Å². The van der Waals surface area contributed by atoms with Crippen molar-refractivity contribution in [2.45, 2.75) is 19.4 Å². The van der Waals surface area contributed by atoms with Crippen LogP contribution in [0.5, 0.6) is 11.5 Å². The number of methoxy groups -OCH3 is 2. The van der Waals surface area contributed by atoms with Crippen molar-refractivity contribution in [3.8, 4) is 11.5 Å². The lowest BCUT2D eigenvalue weighted by Crippen LogP contribution is -2.30. The third-order valence-electron chi connectivity index (χ3n) is 3.56. The van der Waals surface area contributed by atoms with Gasteiger partial charge in [0.1, 0.15) is 11.5 Å². The highest BCUT2D eigenvalue weighted by molar-refractivity contribution is 5.47. The fourth-order valence-electron chi connectivity index (χ4n) is 2.42. The summed E-state index contributed by atoms with van der Waals surface area (Å²) in [5.74, 6) is 8.60. The first-order chi connectivity index (χ1) is 8.22. The van der Waals surface area contributed by atoms with E-state index in [1.165, 1.54) is 6.42 Å². The van der Waals surface area contributed by atoms with E-state index in [4.69, 9.17) is 15.3 Å². The number of rotatable bonds is 5. The lowest BCUT2D eigenvalue weighted by atomic mass is 9.99. The van der Waals surface area contributed by atoms with Crippen LogP contribution in [0.1, 0.15) is 24.9 Å². The lowest BCUT2D eigenvalue weighted by molar-refractivity contribution is 0.360. The first kappa shape index (κ1) is 12.2. The first-order valence-electron chi connectivity index (χ1n) is 5.90. The quantitative estimate of drug-likeness (QED) is 0.605. The van der Waals surface area contributed by atoms with E-state index in [0.29, 0.717) is 11.8 Å². The monoisotopic (exact) mass is 236 g/mol. The van der Waals surface area contributed by atoms with Crippen LogP contribution in [0.2, 0.25) is 0 Å². The number of nitrogens with one attached hydrogen (secondary N) is 1. The summed E-state index contributed by atoms with van der Waals surface area (Å²) in [4.78, 5) is 0. The standard InChI is InChI=1S/C13H20N2O2/c1-8-7-9(8)13(15-14)12-10(16-2)5-4-6-11(12)17-3/h4-6,8-9,13,15H,7,14H2,1-3H3. The molecule has 1 aliphatic rings. The minimum Gasteiger partial charge on any atom is -0.496 e. The molecule has 0 bridgehead atoms. The van der Waals surface area contributed by atoms with Crippen molar-refractivity contribution >= 4 is 0 Å². The van der Waals surface area contributed by atoms with Crippen molar-refractivity contribution in [2.75, 3.05) is 14.2 Å². The molecule has 1 fully saturated rings. The highest BCUT2D eigenvalue weighted by Gasteiger charge is 2.41. The zero-order valence-corrected chi connectivity index (χ0v) is 10.6. The summed E-state index contributed by atoms with van der Waals surface area (Å²) in [6.45, 7) is 2.23. The van der Waals surface area contributed by atoms with Crippen LogP contribution >= 0.6 is 0 Å². The second-order valence-electron chi connectivity index (χ2n) is 4.60. The molecule has 2 rings (SSSR count). The minimum absolute atomic E-state index is 0.0936. The largest absolute Gasteiger partial charge is 0.496 e. The van der Waals surface area contributed by atoms with E-state index >= 15 is 0 Å². The molecule has 3 atom stereocenters. The van der Waals surface area contributed by atoms with Gasteiger partial charge in [0.05, 0.1) is 25.8 Å². The molecule has 0 heterocycles. The Bertz CT molecular complexity index is 373. The molecule has 0 saturated heterocycles. The van der Waals surface area contributed by atoms with E-state index in [2.05, 4.69) is 12.3 Å². The third-order valence-corrected chi connectivity index (χ3v) is 3.56. The summed E-state index contributed by atoms with van der Waals surface area (Å²) < 4.78 is 10.8. The summed E-state index contributed by atoms with van der Waals surface area (Å²) in [5, 5.41) is 0. The normalized spacial score (nSPS) is 24.2. The molecule has 0 radical (unpaired) electrons. The fraction of sp³-hybridized carbons (Fsp3) is 0.538. The molecule has 94 valence electrons. The number of nitrogens with two attached hydrogens (primary N) is 1. The Balaban J connectivity index is 2.39. The van der Waals surface area contributed by atoms with Crippen molar-refractivity contribution in [1.82, 2.24) is 5.43 Å². The van der Waals surface area contributed by atoms with Crippen LogP contribution in [-0.4, -0.2) is 14.2 Å². The van der Waals surface area contributed by atoms with E-state index in [1.54, 1.807) is 14.2 Å². The molecule has 3 N–H and O–H groups in total. The maximum absolute atomic E-state index is 5.69. The Kier molecular flexibility index (Phi) is 3.54. The maximum atomic E-state index is 5.69. The van der Waals surface area contributed by atoms with E-state index < -0.39 is 0 Å².